The van der Waals surface area contributed by atoms with Gasteiger partial charge in [0.2, 0.25) is 15.9 Å². The number of nitrogens with one attached hydrogen (secondary N) is 1. The number of thiophene rings is 1. The standard InChI is InChI=1S/C25H30N4O3S2/c30-25(26-17-21-7-5-15-33-21)20-6-4-12-28(18-20)24-11-8-19-16-22(9-10-23(19)27-24)34(31,32)29-13-2-1-3-14-29/h5,7-11,15-16,20H,1-4,6,12-14,17-18H2,(H,26,30)/t20-/m1/s1. The van der Waals surface area contributed by atoms with Gasteiger partial charge in [0.1, 0.15) is 5.82 Å². The molecule has 180 valence electrons. The molecule has 0 bridgehead atoms. The van der Waals surface area contributed by atoms with Gasteiger partial charge in [-0.3, -0.25) is 4.79 Å². The molecule has 1 amide bonds. The van der Waals surface area contributed by atoms with Gasteiger partial charge in [-0.25, -0.2) is 13.4 Å². The summed E-state index contributed by atoms with van der Waals surface area (Å²) in [4.78, 5) is 21.2. The van der Waals surface area contributed by atoms with Gasteiger partial charge >= 0.3 is 0 Å². The minimum atomic E-state index is -3.47. The second kappa shape index (κ2) is 10.0. The number of aromatic nitrogens is 1. The van der Waals surface area contributed by atoms with Gasteiger partial charge in [0.05, 0.1) is 22.9 Å². The molecule has 2 fully saturated rings. The van der Waals surface area contributed by atoms with Crippen molar-refractivity contribution in [2.45, 2.75) is 43.5 Å². The summed E-state index contributed by atoms with van der Waals surface area (Å²) < 4.78 is 27.7. The van der Waals surface area contributed by atoms with Crippen LogP contribution in [-0.4, -0.2) is 49.8 Å². The molecule has 4 heterocycles. The van der Waals surface area contributed by atoms with Gasteiger partial charge in [-0.1, -0.05) is 12.5 Å². The van der Waals surface area contributed by atoms with E-state index in [9.17, 15) is 13.2 Å². The first-order chi connectivity index (χ1) is 16.5. The molecule has 9 heteroatoms. The molecular weight excluding hydrogens is 468 g/mol. The summed E-state index contributed by atoms with van der Waals surface area (Å²) in [5, 5.41) is 5.89. The van der Waals surface area contributed by atoms with Crippen LogP contribution < -0.4 is 10.2 Å². The molecule has 0 aliphatic carbocycles. The first-order valence-electron chi connectivity index (χ1n) is 12.0. The van der Waals surface area contributed by atoms with Crippen molar-refractivity contribution in [3.8, 4) is 0 Å². The Morgan fingerprint density at radius 1 is 1.06 bits per heavy atom. The number of benzene rings is 1. The summed E-state index contributed by atoms with van der Waals surface area (Å²) in [6, 6.07) is 13.1. The smallest absolute Gasteiger partial charge is 0.243 e. The first-order valence-corrected chi connectivity index (χ1v) is 14.3. The third-order valence-corrected chi connectivity index (χ3v) is 9.50. The number of piperidine rings is 2. The van der Waals surface area contributed by atoms with Crippen molar-refractivity contribution in [1.82, 2.24) is 14.6 Å². The number of hydrogen-bond acceptors (Lipinski definition) is 6. The molecular formula is C25H30N4O3S2. The summed E-state index contributed by atoms with van der Waals surface area (Å²) in [6.07, 6.45) is 4.73. The number of fused-ring (bicyclic) bond motifs is 1. The quantitative estimate of drug-likeness (QED) is 0.555. The van der Waals surface area contributed by atoms with Crippen molar-refractivity contribution in [3.63, 3.8) is 0 Å². The Balaban J connectivity index is 1.29. The number of sulfonamides is 1. The molecule has 0 spiro atoms. The summed E-state index contributed by atoms with van der Waals surface area (Å²) in [6.45, 7) is 3.25. The van der Waals surface area contributed by atoms with E-state index in [-0.39, 0.29) is 11.8 Å². The molecule has 7 nitrogen and oxygen atoms in total. The highest BCUT2D eigenvalue weighted by Gasteiger charge is 2.28. The molecule has 2 aliphatic rings. The lowest BCUT2D eigenvalue weighted by Gasteiger charge is -2.33. The highest BCUT2D eigenvalue weighted by atomic mass is 32.2. The van der Waals surface area contributed by atoms with Gasteiger partial charge in [-0.2, -0.15) is 4.31 Å². The van der Waals surface area contributed by atoms with Crippen LogP contribution in [0.25, 0.3) is 10.9 Å². The van der Waals surface area contributed by atoms with Crippen LogP contribution in [0.4, 0.5) is 5.82 Å². The number of pyridine rings is 1. The van der Waals surface area contributed by atoms with Crippen LogP contribution >= 0.6 is 11.3 Å². The fourth-order valence-corrected chi connectivity index (χ4v) is 7.01. The number of hydrogen-bond donors (Lipinski definition) is 1. The Labute approximate surface area is 204 Å². The van der Waals surface area contributed by atoms with E-state index in [0.29, 0.717) is 31.1 Å². The van der Waals surface area contributed by atoms with Gasteiger partial charge in [0, 0.05) is 36.4 Å². The third-order valence-electron chi connectivity index (χ3n) is 6.73. The van der Waals surface area contributed by atoms with E-state index in [1.165, 1.54) is 0 Å². The van der Waals surface area contributed by atoms with E-state index >= 15 is 0 Å². The summed E-state index contributed by atoms with van der Waals surface area (Å²) in [7, 11) is -3.47. The van der Waals surface area contributed by atoms with Gasteiger partial charge in [-0.05, 0) is 67.5 Å². The zero-order chi connectivity index (χ0) is 23.5. The van der Waals surface area contributed by atoms with E-state index in [4.69, 9.17) is 4.98 Å². The normalized spacial score (nSPS) is 19.9. The number of rotatable bonds is 6. The van der Waals surface area contributed by atoms with Crippen LogP contribution in [0.3, 0.4) is 0 Å². The Morgan fingerprint density at radius 3 is 2.71 bits per heavy atom. The predicted molar refractivity (Wildman–Crippen MR) is 135 cm³/mol. The average molecular weight is 499 g/mol. The molecule has 0 radical (unpaired) electrons. The lowest BCUT2D eigenvalue weighted by molar-refractivity contribution is -0.125. The van der Waals surface area contributed by atoms with Crippen molar-refractivity contribution >= 4 is 44.0 Å². The molecule has 1 N–H and O–H groups in total. The molecule has 2 saturated heterocycles. The van der Waals surface area contributed by atoms with E-state index in [0.717, 1.165) is 60.2 Å². The molecule has 2 aliphatic heterocycles. The SMILES string of the molecule is O=C(NCc1cccs1)[C@@H]1CCCN(c2ccc3cc(S(=O)(=O)N4CCCCC4)ccc3n2)C1. The number of carbonyl (C=O) groups excluding carboxylic acids is 1. The predicted octanol–water partition coefficient (Wildman–Crippen LogP) is 4.00. The lowest BCUT2D eigenvalue weighted by atomic mass is 9.97. The Hall–Kier alpha value is -2.49. The fraction of sp³-hybridized carbons (Fsp3) is 0.440. The zero-order valence-corrected chi connectivity index (χ0v) is 20.8. The minimum absolute atomic E-state index is 0.0664. The van der Waals surface area contributed by atoms with Crippen molar-refractivity contribution in [1.29, 1.82) is 0 Å². The Morgan fingerprint density at radius 2 is 1.91 bits per heavy atom. The van der Waals surface area contributed by atoms with Crippen molar-refractivity contribution in [2.75, 3.05) is 31.1 Å². The van der Waals surface area contributed by atoms with Crippen LogP contribution in [0.1, 0.15) is 37.0 Å². The Kier molecular flexibility index (Phi) is 6.85. The molecule has 0 unspecified atom stereocenters. The van der Waals surface area contributed by atoms with Gasteiger partial charge in [-0.15, -0.1) is 11.3 Å². The number of anilines is 1. The van der Waals surface area contributed by atoms with Gasteiger partial charge in [0.15, 0.2) is 0 Å². The van der Waals surface area contributed by atoms with Crippen molar-refractivity contribution < 1.29 is 13.2 Å². The van der Waals surface area contributed by atoms with Gasteiger partial charge in [0.25, 0.3) is 0 Å². The molecule has 3 aromatic rings. The second-order valence-corrected chi connectivity index (χ2v) is 12.0. The number of amides is 1. The number of carbonyl (C=O) groups is 1. The van der Waals surface area contributed by atoms with Crippen LogP contribution in [0.5, 0.6) is 0 Å². The summed E-state index contributed by atoms with van der Waals surface area (Å²) in [5.41, 5.74) is 0.763. The molecule has 2 aromatic heterocycles. The maximum atomic E-state index is 13.0. The second-order valence-electron chi connectivity index (χ2n) is 9.07. The van der Waals surface area contributed by atoms with Crippen LogP contribution in [0.15, 0.2) is 52.7 Å². The molecule has 1 aromatic carbocycles. The lowest BCUT2D eigenvalue weighted by Crippen LogP contribution is -2.43. The third kappa shape index (κ3) is 4.96. The summed E-state index contributed by atoms with van der Waals surface area (Å²) >= 11 is 1.64. The zero-order valence-electron chi connectivity index (χ0n) is 19.2. The van der Waals surface area contributed by atoms with Crippen molar-refractivity contribution in [3.05, 3.63) is 52.7 Å². The Bertz CT molecular complexity index is 1250. The largest absolute Gasteiger partial charge is 0.356 e. The highest BCUT2D eigenvalue weighted by molar-refractivity contribution is 7.89. The maximum absolute atomic E-state index is 13.0. The van der Waals surface area contributed by atoms with Gasteiger partial charge < -0.3 is 10.2 Å². The van der Waals surface area contributed by atoms with E-state index in [2.05, 4.69) is 10.2 Å². The molecule has 5 rings (SSSR count). The highest BCUT2D eigenvalue weighted by Crippen LogP contribution is 2.27. The molecule has 34 heavy (non-hydrogen) atoms. The number of nitrogens with zero attached hydrogens (tertiary/aromatic N) is 3. The van der Waals surface area contributed by atoms with Crippen LogP contribution in [0.2, 0.25) is 0 Å². The molecule has 1 atom stereocenters. The van der Waals surface area contributed by atoms with Crippen LogP contribution in [-0.2, 0) is 21.4 Å². The maximum Gasteiger partial charge on any atom is 0.243 e. The topological polar surface area (TPSA) is 82.6 Å². The van der Waals surface area contributed by atoms with Crippen molar-refractivity contribution in [2.24, 2.45) is 5.92 Å². The first kappa shape index (κ1) is 23.3. The molecule has 0 saturated carbocycles. The van der Waals surface area contributed by atoms with Crippen LogP contribution in [0, 0.1) is 5.92 Å². The van der Waals surface area contributed by atoms with E-state index in [1.54, 1.807) is 33.8 Å². The van der Waals surface area contributed by atoms with E-state index < -0.39 is 10.0 Å². The monoisotopic (exact) mass is 498 g/mol. The average Bonchev–Trinajstić information content (AvgIpc) is 3.41. The summed E-state index contributed by atoms with van der Waals surface area (Å²) in [5.74, 6) is 0.851. The fourth-order valence-electron chi connectivity index (χ4n) is 4.81. The minimum Gasteiger partial charge on any atom is -0.356 e. The van der Waals surface area contributed by atoms with E-state index in [1.807, 2.05) is 29.6 Å².